The molecule has 3 heteroatoms. The van der Waals surface area contributed by atoms with E-state index in [1.54, 1.807) is 0 Å². The second-order valence-electron chi connectivity index (χ2n) is 3.90. The third-order valence-electron chi connectivity index (χ3n) is 2.85. The normalized spacial score (nSPS) is 15.9. The Morgan fingerprint density at radius 2 is 2.20 bits per heavy atom. The van der Waals surface area contributed by atoms with Gasteiger partial charge in [0.2, 0.25) is 5.91 Å². The molecule has 1 aliphatic rings. The standard InChI is InChI=1S/C12H16N2O/c1-9-8-10(13-2)5-6-11(9)14-7-3-4-12(14)15/h5-6,8,13H,3-4,7H2,1-2H3. The van der Waals surface area contributed by atoms with Gasteiger partial charge in [0.05, 0.1) is 0 Å². The zero-order valence-corrected chi connectivity index (χ0v) is 9.21. The molecular formula is C12H16N2O. The highest BCUT2D eigenvalue weighted by Gasteiger charge is 2.22. The number of nitrogens with zero attached hydrogens (tertiary/aromatic N) is 1. The van der Waals surface area contributed by atoms with Crippen LogP contribution in [0.25, 0.3) is 0 Å². The summed E-state index contributed by atoms with van der Waals surface area (Å²) in [6, 6.07) is 6.10. The highest BCUT2D eigenvalue weighted by atomic mass is 16.2. The summed E-state index contributed by atoms with van der Waals surface area (Å²) in [7, 11) is 1.90. The van der Waals surface area contributed by atoms with Crippen LogP contribution in [0.3, 0.4) is 0 Å². The van der Waals surface area contributed by atoms with E-state index in [-0.39, 0.29) is 5.91 Å². The lowest BCUT2D eigenvalue weighted by atomic mass is 10.1. The van der Waals surface area contributed by atoms with E-state index in [4.69, 9.17) is 0 Å². The number of anilines is 2. The van der Waals surface area contributed by atoms with Crippen LogP contribution in [0.4, 0.5) is 11.4 Å². The number of rotatable bonds is 2. The average Bonchev–Trinajstić information content (AvgIpc) is 2.64. The van der Waals surface area contributed by atoms with Gasteiger partial charge < -0.3 is 10.2 Å². The van der Waals surface area contributed by atoms with Crippen molar-refractivity contribution in [2.45, 2.75) is 19.8 Å². The molecule has 1 aromatic carbocycles. The largest absolute Gasteiger partial charge is 0.388 e. The average molecular weight is 204 g/mol. The Morgan fingerprint density at radius 3 is 2.73 bits per heavy atom. The second-order valence-corrected chi connectivity index (χ2v) is 3.90. The third kappa shape index (κ3) is 1.82. The lowest BCUT2D eigenvalue weighted by Gasteiger charge is -2.18. The molecule has 1 N–H and O–H groups in total. The number of benzene rings is 1. The van der Waals surface area contributed by atoms with Gasteiger partial charge in [-0.15, -0.1) is 0 Å². The summed E-state index contributed by atoms with van der Waals surface area (Å²) >= 11 is 0. The van der Waals surface area contributed by atoms with Crippen molar-refractivity contribution in [2.24, 2.45) is 0 Å². The van der Waals surface area contributed by atoms with Gasteiger partial charge in [-0.25, -0.2) is 0 Å². The van der Waals surface area contributed by atoms with Crippen molar-refractivity contribution < 1.29 is 4.79 Å². The quantitative estimate of drug-likeness (QED) is 0.800. The molecule has 0 saturated carbocycles. The first-order valence-corrected chi connectivity index (χ1v) is 5.31. The van der Waals surface area contributed by atoms with Gasteiger partial charge in [0.15, 0.2) is 0 Å². The second kappa shape index (κ2) is 3.93. The van der Waals surface area contributed by atoms with Gasteiger partial charge in [0.1, 0.15) is 0 Å². The summed E-state index contributed by atoms with van der Waals surface area (Å²) in [5, 5.41) is 3.09. The summed E-state index contributed by atoms with van der Waals surface area (Å²) in [5.41, 5.74) is 3.29. The van der Waals surface area contributed by atoms with Crippen molar-refractivity contribution in [1.82, 2.24) is 0 Å². The molecular weight excluding hydrogens is 188 g/mol. The summed E-state index contributed by atoms with van der Waals surface area (Å²) in [6.45, 7) is 2.90. The molecule has 1 saturated heterocycles. The molecule has 1 aliphatic heterocycles. The number of carbonyl (C=O) groups is 1. The Labute approximate surface area is 90.1 Å². The number of carbonyl (C=O) groups excluding carboxylic acids is 1. The fourth-order valence-corrected chi connectivity index (χ4v) is 2.02. The highest BCUT2D eigenvalue weighted by Crippen LogP contribution is 2.27. The van der Waals surface area contributed by atoms with Gasteiger partial charge in [-0.05, 0) is 37.1 Å². The van der Waals surface area contributed by atoms with Crippen LogP contribution >= 0.6 is 0 Å². The number of hydrogen-bond acceptors (Lipinski definition) is 2. The Balaban J connectivity index is 2.32. The van der Waals surface area contributed by atoms with Crippen LogP contribution < -0.4 is 10.2 Å². The van der Waals surface area contributed by atoms with E-state index in [9.17, 15) is 4.79 Å². The molecule has 0 aromatic heterocycles. The summed E-state index contributed by atoms with van der Waals surface area (Å²) in [4.78, 5) is 13.5. The van der Waals surface area contributed by atoms with Crippen molar-refractivity contribution in [1.29, 1.82) is 0 Å². The summed E-state index contributed by atoms with van der Waals surface area (Å²) in [6.07, 6.45) is 1.67. The van der Waals surface area contributed by atoms with Crippen molar-refractivity contribution in [3.63, 3.8) is 0 Å². The zero-order chi connectivity index (χ0) is 10.8. The molecule has 1 heterocycles. The maximum Gasteiger partial charge on any atom is 0.227 e. The fourth-order valence-electron chi connectivity index (χ4n) is 2.02. The molecule has 15 heavy (non-hydrogen) atoms. The minimum Gasteiger partial charge on any atom is -0.388 e. The van der Waals surface area contributed by atoms with Gasteiger partial charge in [-0.2, -0.15) is 0 Å². The van der Waals surface area contributed by atoms with Gasteiger partial charge in [0.25, 0.3) is 0 Å². The van der Waals surface area contributed by atoms with Gasteiger partial charge in [-0.1, -0.05) is 0 Å². The van der Waals surface area contributed by atoms with Crippen LogP contribution in [0.15, 0.2) is 18.2 Å². The SMILES string of the molecule is CNc1ccc(N2CCCC2=O)c(C)c1. The van der Waals surface area contributed by atoms with E-state index < -0.39 is 0 Å². The highest BCUT2D eigenvalue weighted by molar-refractivity contribution is 5.96. The molecule has 3 nitrogen and oxygen atoms in total. The minimum absolute atomic E-state index is 0.246. The first-order valence-electron chi connectivity index (χ1n) is 5.31. The smallest absolute Gasteiger partial charge is 0.227 e. The molecule has 1 fully saturated rings. The number of hydrogen-bond donors (Lipinski definition) is 1. The van der Waals surface area contributed by atoms with E-state index in [1.807, 2.05) is 31.0 Å². The van der Waals surface area contributed by atoms with Crippen LogP contribution in [0.5, 0.6) is 0 Å². The molecule has 80 valence electrons. The van der Waals surface area contributed by atoms with E-state index in [0.29, 0.717) is 6.42 Å². The van der Waals surface area contributed by atoms with Gasteiger partial charge in [-0.3, -0.25) is 4.79 Å². The lowest BCUT2D eigenvalue weighted by Crippen LogP contribution is -2.24. The number of aryl methyl sites for hydroxylation is 1. The molecule has 1 aromatic rings. The van der Waals surface area contributed by atoms with Crippen molar-refractivity contribution in [3.05, 3.63) is 23.8 Å². The Morgan fingerprint density at radius 1 is 1.40 bits per heavy atom. The van der Waals surface area contributed by atoms with Crippen LogP contribution in [-0.2, 0) is 4.79 Å². The Bertz CT molecular complexity index is 387. The third-order valence-corrected chi connectivity index (χ3v) is 2.85. The number of amides is 1. The van der Waals surface area contributed by atoms with Gasteiger partial charge in [0, 0.05) is 31.4 Å². The monoisotopic (exact) mass is 204 g/mol. The predicted molar refractivity (Wildman–Crippen MR) is 62.3 cm³/mol. The molecule has 0 radical (unpaired) electrons. The van der Waals surface area contributed by atoms with E-state index in [0.717, 1.165) is 29.9 Å². The van der Waals surface area contributed by atoms with Crippen LogP contribution in [0.1, 0.15) is 18.4 Å². The van der Waals surface area contributed by atoms with E-state index in [2.05, 4.69) is 11.4 Å². The van der Waals surface area contributed by atoms with Crippen LogP contribution in [0, 0.1) is 6.92 Å². The van der Waals surface area contributed by atoms with E-state index >= 15 is 0 Å². The topological polar surface area (TPSA) is 32.3 Å². The van der Waals surface area contributed by atoms with Crippen LogP contribution in [-0.4, -0.2) is 19.5 Å². The van der Waals surface area contributed by atoms with E-state index in [1.165, 1.54) is 0 Å². The summed E-state index contributed by atoms with van der Waals surface area (Å²) < 4.78 is 0. The molecule has 1 amide bonds. The molecule has 0 unspecified atom stereocenters. The maximum atomic E-state index is 11.6. The number of nitrogens with one attached hydrogen (secondary N) is 1. The first-order chi connectivity index (χ1) is 7.22. The van der Waals surface area contributed by atoms with Crippen molar-refractivity contribution in [2.75, 3.05) is 23.8 Å². The van der Waals surface area contributed by atoms with Gasteiger partial charge >= 0.3 is 0 Å². The van der Waals surface area contributed by atoms with Crippen molar-refractivity contribution >= 4 is 17.3 Å². The fraction of sp³-hybridized carbons (Fsp3) is 0.417. The molecule has 2 rings (SSSR count). The minimum atomic E-state index is 0.246. The molecule has 0 atom stereocenters. The van der Waals surface area contributed by atoms with Crippen LogP contribution in [0.2, 0.25) is 0 Å². The molecule has 0 spiro atoms. The van der Waals surface area contributed by atoms with Crippen molar-refractivity contribution in [3.8, 4) is 0 Å². The molecule has 0 bridgehead atoms. The first kappa shape index (κ1) is 10.0. The maximum absolute atomic E-state index is 11.6. The lowest BCUT2D eigenvalue weighted by molar-refractivity contribution is -0.117. The summed E-state index contributed by atoms with van der Waals surface area (Å²) in [5.74, 6) is 0.246. The molecule has 0 aliphatic carbocycles. The zero-order valence-electron chi connectivity index (χ0n) is 9.21. The Hall–Kier alpha value is -1.51. The Kier molecular flexibility index (Phi) is 2.62. The predicted octanol–water partition coefficient (Wildman–Crippen LogP) is 2.16.